The molecule has 6 rings (SSSR count). The molecule has 3 aromatic rings. The molecule has 1 saturated heterocycles. The Morgan fingerprint density at radius 3 is 2.62 bits per heavy atom. The second kappa shape index (κ2) is 7.43. The van der Waals surface area contributed by atoms with E-state index in [1.807, 2.05) is 71.7 Å². The van der Waals surface area contributed by atoms with Crippen molar-refractivity contribution in [2.24, 2.45) is 5.10 Å². The van der Waals surface area contributed by atoms with Crippen LogP contribution >= 0.6 is 23.4 Å². The Morgan fingerprint density at radius 1 is 1.06 bits per heavy atom. The number of amides is 1. The fraction of sp³-hybridized carbons (Fsp3) is 0.120. The molecule has 0 unspecified atom stereocenters. The van der Waals surface area contributed by atoms with Gasteiger partial charge in [0.05, 0.1) is 16.7 Å². The molecule has 1 amide bonds. The highest BCUT2D eigenvalue weighted by Gasteiger charge is 2.57. The van der Waals surface area contributed by atoms with Gasteiger partial charge in [-0.05, 0) is 47.2 Å². The molecule has 0 aliphatic carbocycles. The summed E-state index contributed by atoms with van der Waals surface area (Å²) >= 11 is 7.34. The second-order valence-corrected chi connectivity index (χ2v) is 9.45. The minimum absolute atomic E-state index is 0.0298. The zero-order valence-electron chi connectivity index (χ0n) is 16.9. The number of halogens is 1. The van der Waals surface area contributed by atoms with Crippen LogP contribution in [0, 0.1) is 0 Å². The van der Waals surface area contributed by atoms with Gasteiger partial charge in [0.2, 0.25) is 0 Å². The summed E-state index contributed by atoms with van der Waals surface area (Å²) in [5, 5.41) is 9.43. The van der Waals surface area contributed by atoms with Crippen molar-refractivity contribution in [1.29, 1.82) is 0 Å². The minimum atomic E-state index is -1.13. The number of nitrogens with zero attached hydrogens (tertiary/aromatic N) is 2. The van der Waals surface area contributed by atoms with Gasteiger partial charge >= 0.3 is 5.18 Å². The number of hydrogen-bond acceptors (Lipinski definition) is 5. The third-order valence-corrected chi connectivity index (χ3v) is 7.18. The summed E-state index contributed by atoms with van der Waals surface area (Å²) in [5.74, 6) is 0.574. The average Bonchev–Trinajstić information content (AvgIpc) is 3.39. The van der Waals surface area contributed by atoms with Crippen LogP contribution in [0.15, 0.2) is 88.9 Å². The lowest BCUT2D eigenvalue weighted by atomic mass is 9.97. The predicted octanol–water partition coefficient (Wildman–Crippen LogP) is 5.40. The van der Waals surface area contributed by atoms with Crippen LogP contribution in [0.25, 0.3) is 6.08 Å². The average molecular weight is 460 g/mol. The van der Waals surface area contributed by atoms with E-state index < -0.39 is 5.18 Å². The molecule has 0 aromatic heterocycles. The summed E-state index contributed by atoms with van der Waals surface area (Å²) in [7, 11) is 0. The third kappa shape index (κ3) is 3.18. The molecule has 5 nitrogen and oxygen atoms in total. The van der Waals surface area contributed by atoms with Gasteiger partial charge in [-0.2, -0.15) is 5.10 Å². The number of thioether (sulfide) groups is 1. The van der Waals surface area contributed by atoms with Gasteiger partial charge in [-0.1, -0.05) is 72.3 Å². The molecule has 0 bridgehead atoms. The molecule has 2 atom stereocenters. The maximum absolute atomic E-state index is 13.0. The molecule has 1 N–H and O–H groups in total. The van der Waals surface area contributed by atoms with E-state index in [2.05, 4.69) is 23.5 Å². The highest BCUT2D eigenvalue weighted by Crippen LogP contribution is 2.53. The first-order valence-corrected chi connectivity index (χ1v) is 11.5. The third-order valence-electron chi connectivity index (χ3n) is 5.76. The Kier molecular flexibility index (Phi) is 4.52. The van der Waals surface area contributed by atoms with Crippen molar-refractivity contribution in [2.45, 2.75) is 17.6 Å². The van der Waals surface area contributed by atoms with Gasteiger partial charge in [0, 0.05) is 17.0 Å². The zero-order chi connectivity index (χ0) is 21.7. The van der Waals surface area contributed by atoms with E-state index in [1.54, 1.807) is 0 Å². The summed E-state index contributed by atoms with van der Waals surface area (Å²) in [6.07, 6.45) is 2.58. The number of hydrogen-bond donors (Lipinski definition) is 1. The first kappa shape index (κ1) is 19.5. The molecule has 1 fully saturated rings. The molecule has 3 aliphatic heterocycles. The standard InChI is InChI=1S/C25H18ClN3O2S/c26-18-12-10-16(11-13-18)14-23-24(30)27-25(32-23)29-21(19-8-4-5-9-22(19)31-25)15-20(28-29)17-6-2-1-3-7-17/h1-14,21H,15H2,(H,27,30)/b23-14-/t21-,25-/m0/s1. The molecule has 3 aliphatic rings. The van der Waals surface area contributed by atoms with Gasteiger partial charge in [0.25, 0.3) is 5.91 Å². The molecule has 158 valence electrons. The highest BCUT2D eigenvalue weighted by molar-refractivity contribution is 8.05. The number of carbonyl (C=O) groups excluding carboxylic acids is 1. The number of benzene rings is 3. The monoisotopic (exact) mass is 459 g/mol. The molecule has 0 radical (unpaired) electrons. The quantitative estimate of drug-likeness (QED) is 0.521. The Bertz CT molecular complexity index is 1280. The largest absolute Gasteiger partial charge is 0.439 e. The Morgan fingerprint density at radius 2 is 1.81 bits per heavy atom. The summed E-state index contributed by atoms with van der Waals surface area (Å²) in [6.45, 7) is 0. The van der Waals surface area contributed by atoms with Crippen LogP contribution in [0.1, 0.15) is 29.2 Å². The van der Waals surface area contributed by atoms with Crippen molar-refractivity contribution in [3.8, 4) is 5.75 Å². The minimum Gasteiger partial charge on any atom is -0.439 e. The van der Waals surface area contributed by atoms with Crippen LogP contribution in [0.5, 0.6) is 5.75 Å². The first-order chi connectivity index (χ1) is 15.6. The lowest BCUT2D eigenvalue weighted by Gasteiger charge is -2.43. The van der Waals surface area contributed by atoms with Gasteiger partial charge in [0.1, 0.15) is 5.75 Å². The predicted molar refractivity (Wildman–Crippen MR) is 127 cm³/mol. The molecule has 1 spiro atoms. The fourth-order valence-corrected chi connectivity index (χ4v) is 5.55. The maximum Gasteiger partial charge on any atom is 0.336 e. The smallest absolute Gasteiger partial charge is 0.336 e. The first-order valence-electron chi connectivity index (χ1n) is 10.3. The molecular formula is C25H18ClN3O2S. The van der Waals surface area contributed by atoms with Crippen molar-refractivity contribution < 1.29 is 9.53 Å². The number of fused-ring (bicyclic) bond motifs is 4. The Labute approximate surface area is 194 Å². The van der Waals surface area contributed by atoms with Crippen molar-refractivity contribution in [3.63, 3.8) is 0 Å². The van der Waals surface area contributed by atoms with E-state index in [9.17, 15) is 4.79 Å². The second-order valence-electron chi connectivity index (χ2n) is 7.82. The van der Waals surface area contributed by atoms with E-state index >= 15 is 0 Å². The summed E-state index contributed by atoms with van der Waals surface area (Å²) in [6, 6.07) is 25.4. The lowest BCUT2D eigenvalue weighted by Crippen LogP contribution is -2.58. The maximum atomic E-state index is 13.0. The van der Waals surface area contributed by atoms with Crippen LogP contribution < -0.4 is 10.1 Å². The number of nitrogens with one attached hydrogen (secondary N) is 1. The van der Waals surface area contributed by atoms with Crippen molar-refractivity contribution >= 4 is 41.1 Å². The summed E-state index contributed by atoms with van der Waals surface area (Å²) in [4.78, 5) is 13.6. The lowest BCUT2D eigenvalue weighted by molar-refractivity contribution is -0.127. The van der Waals surface area contributed by atoms with E-state index in [0.29, 0.717) is 9.93 Å². The number of carbonyl (C=O) groups is 1. The van der Waals surface area contributed by atoms with E-state index in [0.717, 1.165) is 34.6 Å². The molecule has 0 saturated carbocycles. The van der Waals surface area contributed by atoms with Crippen LogP contribution in [0.3, 0.4) is 0 Å². The molecule has 32 heavy (non-hydrogen) atoms. The fourth-order valence-electron chi connectivity index (χ4n) is 4.26. The SMILES string of the molecule is O=C1N[C@]2(Oc3ccccc3[C@@H]3CC(c4ccccc4)=NN32)S/C1=C\c1ccc(Cl)cc1. The van der Waals surface area contributed by atoms with E-state index in [-0.39, 0.29) is 11.9 Å². The van der Waals surface area contributed by atoms with E-state index in [4.69, 9.17) is 21.4 Å². The van der Waals surface area contributed by atoms with Gasteiger partial charge < -0.3 is 4.74 Å². The Hall–Kier alpha value is -3.22. The van der Waals surface area contributed by atoms with Gasteiger partial charge in [0.15, 0.2) is 0 Å². The number of ether oxygens (including phenoxy) is 1. The van der Waals surface area contributed by atoms with Crippen molar-refractivity contribution in [1.82, 2.24) is 10.3 Å². The number of rotatable bonds is 2. The molecule has 3 heterocycles. The van der Waals surface area contributed by atoms with Crippen LogP contribution in [-0.4, -0.2) is 21.8 Å². The summed E-state index contributed by atoms with van der Waals surface area (Å²) < 4.78 is 6.42. The molecule has 7 heteroatoms. The van der Waals surface area contributed by atoms with Crippen molar-refractivity contribution in [2.75, 3.05) is 0 Å². The molecular weight excluding hydrogens is 442 g/mol. The van der Waals surface area contributed by atoms with E-state index in [1.165, 1.54) is 11.8 Å². The van der Waals surface area contributed by atoms with Gasteiger partial charge in [-0.25, -0.2) is 5.01 Å². The van der Waals surface area contributed by atoms with Crippen LogP contribution in [-0.2, 0) is 4.79 Å². The van der Waals surface area contributed by atoms with Gasteiger partial charge in [-0.3, -0.25) is 10.1 Å². The topological polar surface area (TPSA) is 53.9 Å². The Balaban J connectivity index is 1.42. The van der Waals surface area contributed by atoms with Crippen LogP contribution in [0.2, 0.25) is 5.02 Å². The normalized spacial score (nSPS) is 24.7. The van der Waals surface area contributed by atoms with Crippen molar-refractivity contribution in [3.05, 3.63) is 105 Å². The van der Waals surface area contributed by atoms with Crippen LogP contribution in [0.4, 0.5) is 0 Å². The number of hydrazone groups is 1. The zero-order valence-corrected chi connectivity index (χ0v) is 18.4. The highest BCUT2D eigenvalue weighted by atomic mass is 35.5. The van der Waals surface area contributed by atoms with Gasteiger partial charge in [-0.15, -0.1) is 0 Å². The summed E-state index contributed by atoms with van der Waals surface area (Å²) in [5.41, 5.74) is 4.01. The number of para-hydroxylation sites is 1. The molecule has 3 aromatic carbocycles.